The Morgan fingerprint density at radius 1 is 1.14 bits per heavy atom. The second-order valence-electron chi connectivity index (χ2n) is 10.1. The van der Waals surface area contributed by atoms with Gasteiger partial charge in [-0.1, -0.05) is 30.3 Å². The number of sulfonamides is 1. The van der Waals surface area contributed by atoms with Gasteiger partial charge in [-0.3, -0.25) is 0 Å². The number of hydrogen-bond donors (Lipinski definition) is 1. The number of hydrogen-bond acceptors (Lipinski definition) is 5. The zero-order chi connectivity index (χ0) is 25.9. The van der Waals surface area contributed by atoms with Gasteiger partial charge in [0, 0.05) is 23.7 Å². The average molecular weight is 522 g/mol. The second kappa shape index (κ2) is 8.58. The molecule has 0 radical (unpaired) electrons. The van der Waals surface area contributed by atoms with Gasteiger partial charge in [-0.25, -0.2) is 31.5 Å². The van der Waals surface area contributed by atoms with Crippen molar-refractivity contribution < 1.29 is 26.0 Å². The van der Waals surface area contributed by atoms with Gasteiger partial charge < -0.3 is 4.42 Å². The summed E-state index contributed by atoms with van der Waals surface area (Å²) in [5, 5.41) is 5.07. The number of nitrogens with zero attached hydrogens (tertiary/aromatic N) is 2. The van der Waals surface area contributed by atoms with Crippen LogP contribution in [0.4, 0.5) is 13.2 Å². The smallest absolute Gasteiger partial charge is 0.391 e. The van der Waals surface area contributed by atoms with E-state index in [2.05, 4.69) is 10.2 Å². The summed E-state index contributed by atoms with van der Waals surface area (Å²) in [5.74, 6) is -2.78. The molecule has 0 bridgehead atoms. The van der Waals surface area contributed by atoms with E-state index in [0.717, 1.165) is 12.1 Å². The van der Waals surface area contributed by atoms with Gasteiger partial charge >= 0.3 is 5.76 Å². The first kappa shape index (κ1) is 24.8. The van der Waals surface area contributed by atoms with Crippen molar-refractivity contribution in [3.8, 4) is 0 Å². The topological polar surface area (TPSA) is 96.3 Å². The van der Waals surface area contributed by atoms with Crippen LogP contribution >= 0.6 is 0 Å². The van der Waals surface area contributed by atoms with E-state index in [-0.39, 0.29) is 36.4 Å². The minimum absolute atomic E-state index is 0.138. The fourth-order valence-corrected chi connectivity index (χ4v) is 7.88. The third kappa shape index (κ3) is 4.07. The van der Waals surface area contributed by atoms with Crippen molar-refractivity contribution >= 4 is 10.0 Å². The standard InChI is InChI=1S/C25H26F3N3O4S/c1-15-8-9-21(16-6-4-3-5-7-16)36(33,34)31(15)12-17-10-20(27)18(11-19(17)26)25(13-24(2,28)14-25)22-29-30-23(32)35-22/h3-7,10-11,15,21H,8-9,12-14H2,1-2H3,(H,30,32)/t15-,21+,24-,25-/m0/s1. The molecule has 1 aromatic heterocycles. The summed E-state index contributed by atoms with van der Waals surface area (Å²) in [6, 6.07) is 10.3. The Morgan fingerprint density at radius 3 is 2.44 bits per heavy atom. The maximum atomic E-state index is 15.5. The fourth-order valence-electron chi connectivity index (χ4n) is 5.69. The van der Waals surface area contributed by atoms with Gasteiger partial charge in [0.15, 0.2) is 0 Å². The molecule has 11 heteroatoms. The molecule has 5 rings (SSSR count). The van der Waals surface area contributed by atoms with Crippen LogP contribution < -0.4 is 5.76 Å². The normalized spacial score (nSPS) is 30.1. The van der Waals surface area contributed by atoms with Crippen LogP contribution in [0.25, 0.3) is 0 Å². The minimum atomic E-state index is -3.85. The molecule has 1 saturated carbocycles. The molecule has 0 unspecified atom stereocenters. The van der Waals surface area contributed by atoms with Crippen molar-refractivity contribution in [1.82, 2.24) is 14.5 Å². The molecule has 7 nitrogen and oxygen atoms in total. The first-order chi connectivity index (χ1) is 16.9. The lowest BCUT2D eigenvalue weighted by molar-refractivity contribution is 0.00385. The molecule has 1 N–H and O–H groups in total. The van der Waals surface area contributed by atoms with E-state index in [4.69, 9.17) is 4.42 Å². The molecule has 3 aromatic rings. The molecule has 2 atom stereocenters. The van der Waals surface area contributed by atoms with E-state index in [9.17, 15) is 17.6 Å². The van der Waals surface area contributed by atoms with Crippen LogP contribution in [0.2, 0.25) is 0 Å². The highest BCUT2D eigenvalue weighted by Crippen LogP contribution is 2.56. The SMILES string of the molecule is C[C@H]1CC[C@H](c2ccccc2)S(=O)(=O)N1Cc1cc(F)c([C@]2(c3n[nH]c(=O)o3)C[C@](C)(F)C2)cc1F. The summed E-state index contributed by atoms with van der Waals surface area (Å²) in [4.78, 5) is 11.5. The van der Waals surface area contributed by atoms with E-state index >= 15 is 8.78 Å². The number of alkyl halides is 1. The molecule has 1 aliphatic carbocycles. The summed E-state index contributed by atoms with van der Waals surface area (Å²) >= 11 is 0. The van der Waals surface area contributed by atoms with Crippen LogP contribution in [0.5, 0.6) is 0 Å². The molecule has 2 fully saturated rings. The lowest BCUT2D eigenvalue weighted by Crippen LogP contribution is -2.51. The monoisotopic (exact) mass is 521 g/mol. The maximum absolute atomic E-state index is 15.5. The zero-order valence-corrected chi connectivity index (χ0v) is 20.6. The van der Waals surface area contributed by atoms with Crippen molar-refractivity contribution in [2.75, 3.05) is 0 Å². The summed E-state index contributed by atoms with van der Waals surface area (Å²) in [6.07, 6.45) is 0.496. The second-order valence-corrected chi connectivity index (χ2v) is 12.2. The first-order valence-electron chi connectivity index (χ1n) is 11.7. The maximum Gasteiger partial charge on any atom is 0.434 e. The molecule has 1 aliphatic heterocycles. The van der Waals surface area contributed by atoms with E-state index in [1.165, 1.54) is 11.2 Å². The number of H-pyrrole nitrogens is 1. The van der Waals surface area contributed by atoms with E-state index < -0.39 is 49.8 Å². The van der Waals surface area contributed by atoms with Crippen LogP contribution in [0.3, 0.4) is 0 Å². The van der Waals surface area contributed by atoms with Crippen LogP contribution in [0.1, 0.15) is 67.4 Å². The lowest BCUT2D eigenvalue weighted by atomic mass is 9.57. The molecular weight excluding hydrogens is 495 g/mol. The third-order valence-electron chi connectivity index (χ3n) is 7.36. The predicted octanol–water partition coefficient (Wildman–Crippen LogP) is 4.50. The molecule has 192 valence electrons. The number of halogens is 3. The number of rotatable bonds is 5. The average Bonchev–Trinajstić information content (AvgIpc) is 3.23. The van der Waals surface area contributed by atoms with Crippen LogP contribution in [-0.4, -0.2) is 34.6 Å². The molecule has 0 spiro atoms. The summed E-state index contributed by atoms with van der Waals surface area (Å²) < 4.78 is 78.6. The van der Waals surface area contributed by atoms with Gasteiger partial charge in [0.2, 0.25) is 15.9 Å². The third-order valence-corrected chi connectivity index (χ3v) is 9.73. The van der Waals surface area contributed by atoms with Gasteiger partial charge in [-0.15, -0.1) is 5.10 Å². The van der Waals surface area contributed by atoms with Gasteiger partial charge in [-0.2, -0.15) is 4.31 Å². The molecule has 2 aromatic carbocycles. The Bertz CT molecular complexity index is 1440. The molecule has 2 aliphatic rings. The molecule has 2 heterocycles. The number of nitrogens with one attached hydrogen (secondary N) is 1. The highest BCUT2D eigenvalue weighted by Gasteiger charge is 2.59. The fraction of sp³-hybridized carbons (Fsp3) is 0.440. The zero-order valence-electron chi connectivity index (χ0n) is 19.8. The molecule has 36 heavy (non-hydrogen) atoms. The summed E-state index contributed by atoms with van der Waals surface area (Å²) in [7, 11) is -3.85. The molecular formula is C25H26F3N3O4S. The Morgan fingerprint density at radius 2 is 1.83 bits per heavy atom. The van der Waals surface area contributed by atoms with E-state index in [1.807, 2.05) is 0 Å². The largest absolute Gasteiger partial charge is 0.434 e. The highest BCUT2D eigenvalue weighted by molar-refractivity contribution is 7.89. The number of benzene rings is 2. The van der Waals surface area contributed by atoms with Crippen LogP contribution in [0.15, 0.2) is 51.7 Å². The molecule has 0 amide bonds. The van der Waals surface area contributed by atoms with Crippen molar-refractivity contribution in [2.45, 2.75) is 68.5 Å². The van der Waals surface area contributed by atoms with E-state index in [0.29, 0.717) is 18.4 Å². The first-order valence-corrected chi connectivity index (χ1v) is 13.2. The Balaban J connectivity index is 1.49. The molecule has 1 saturated heterocycles. The van der Waals surface area contributed by atoms with Crippen molar-refractivity contribution in [3.05, 3.63) is 87.2 Å². The number of aromatic nitrogens is 2. The minimum Gasteiger partial charge on any atom is -0.391 e. The number of aromatic amines is 1. The Labute approximate surface area is 206 Å². The Hall–Kier alpha value is -2.92. The van der Waals surface area contributed by atoms with E-state index in [1.54, 1.807) is 37.3 Å². The van der Waals surface area contributed by atoms with Crippen molar-refractivity contribution in [1.29, 1.82) is 0 Å². The van der Waals surface area contributed by atoms with Crippen molar-refractivity contribution in [2.24, 2.45) is 0 Å². The lowest BCUT2D eigenvalue weighted by Gasteiger charge is -2.48. The van der Waals surface area contributed by atoms with Gasteiger partial charge in [0.1, 0.15) is 22.6 Å². The predicted molar refractivity (Wildman–Crippen MR) is 125 cm³/mol. The van der Waals surface area contributed by atoms with Crippen molar-refractivity contribution in [3.63, 3.8) is 0 Å². The highest BCUT2D eigenvalue weighted by atomic mass is 32.2. The van der Waals surface area contributed by atoms with Crippen LogP contribution in [0, 0.1) is 11.6 Å². The quantitative estimate of drug-likeness (QED) is 0.533. The summed E-state index contributed by atoms with van der Waals surface area (Å²) in [6.45, 7) is 2.72. The Kier molecular flexibility index (Phi) is 5.90. The summed E-state index contributed by atoms with van der Waals surface area (Å²) in [5.41, 5.74) is -2.80. The van der Waals surface area contributed by atoms with Gasteiger partial charge in [0.05, 0.1) is 5.41 Å². The van der Waals surface area contributed by atoms with Gasteiger partial charge in [-0.05, 0) is 57.2 Å². The van der Waals surface area contributed by atoms with Crippen LogP contribution in [-0.2, 0) is 22.0 Å². The van der Waals surface area contributed by atoms with Gasteiger partial charge in [0.25, 0.3) is 0 Å².